The monoisotopic (exact) mass is 330 g/mol. The van der Waals surface area contributed by atoms with E-state index in [0.29, 0.717) is 17.6 Å². The van der Waals surface area contributed by atoms with Crippen molar-refractivity contribution in [3.05, 3.63) is 17.6 Å². The lowest BCUT2D eigenvalue weighted by Crippen LogP contribution is -2.32. The van der Waals surface area contributed by atoms with Crippen LogP contribution in [0.15, 0.2) is 6.07 Å². The summed E-state index contributed by atoms with van der Waals surface area (Å²) >= 11 is 0. The third kappa shape index (κ3) is 4.68. The van der Waals surface area contributed by atoms with Crippen molar-refractivity contribution in [2.75, 3.05) is 18.4 Å². The fourth-order valence-electron chi connectivity index (χ4n) is 3.82. The van der Waals surface area contributed by atoms with Crippen LogP contribution in [-0.2, 0) is 0 Å². The Morgan fingerprint density at radius 2 is 1.62 bits per heavy atom. The maximum Gasteiger partial charge on any atom is 0.272 e. The van der Waals surface area contributed by atoms with Gasteiger partial charge in [0.15, 0.2) is 0 Å². The Labute approximate surface area is 145 Å². The van der Waals surface area contributed by atoms with E-state index in [1.807, 2.05) is 17.9 Å². The van der Waals surface area contributed by atoms with Crippen LogP contribution in [0.5, 0.6) is 0 Å². The van der Waals surface area contributed by atoms with Crippen molar-refractivity contribution in [1.82, 2.24) is 14.9 Å². The maximum atomic E-state index is 12.8. The highest BCUT2D eigenvalue weighted by Gasteiger charge is 2.20. The number of nitrogens with one attached hydrogen (secondary N) is 1. The number of aryl methyl sites for hydroxylation is 1. The van der Waals surface area contributed by atoms with Gasteiger partial charge in [-0.3, -0.25) is 4.79 Å². The fraction of sp³-hybridized carbons (Fsp3) is 0.737. The van der Waals surface area contributed by atoms with Crippen LogP contribution in [0.4, 0.5) is 5.82 Å². The van der Waals surface area contributed by atoms with E-state index in [1.54, 1.807) is 0 Å². The van der Waals surface area contributed by atoms with Crippen LogP contribution in [0.1, 0.15) is 80.5 Å². The molecule has 0 aromatic carbocycles. The number of hydrogen-bond donors (Lipinski definition) is 1. The first-order valence-electron chi connectivity index (χ1n) is 9.64. The van der Waals surface area contributed by atoms with Crippen LogP contribution < -0.4 is 5.32 Å². The SMILES string of the molecule is Cc1nc(NC2CCCCCC2)cc(C(=O)N2CCCCCC2)n1. The summed E-state index contributed by atoms with van der Waals surface area (Å²) in [6, 6.07) is 2.33. The van der Waals surface area contributed by atoms with Gasteiger partial charge in [0.2, 0.25) is 0 Å². The van der Waals surface area contributed by atoms with Crippen LogP contribution in [0.3, 0.4) is 0 Å². The first-order chi connectivity index (χ1) is 11.7. The molecule has 1 N–H and O–H groups in total. The van der Waals surface area contributed by atoms with Gasteiger partial charge in [-0.25, -0.2) is 9.97 Å². The normalized spacial score (nSPS) is 20.3. The Balaban J connectivity index is 1.71. The van der Waals surface area contributed by atoms with Gasteiger partial charge in [-0.05, 0) is 32.6 Å². The molecule has 0 spiro atoms. The molecule has 3 rings (SSSR count). The third-order valence-electron chi connectivity index (χ3n) is 5.16. The Morgan fingerprint density at radius 1 is 1.00 bits per heavy atom. The van der Waals surface area contributed by atoms with Crippen LogP contribution in [0.2, 0.25) is 0 Å². The van der Waals surface area contributed by atoms with Crippen molar-refractivity contribution in [2.24, 2.45) is 0 Å². The second-order valence-corrected chi connectivity index (χ2v) is 7.22. The van der Waals surface area contributed by atoms with Crippen LogP contribution in [0, 0.1) is 6.92 Å². The summed E-state index contributed by atoms with van der Waals surface area (Å²) in [5.74, 6) is 1.55. The van der Waals surface area contributed by atoms with Crippen molar-refractivity contribution >= 4 is 11.7 Å². The minimum atomic E-state index is 0.0614. The molecule has 2 aliphatic rings. The zero-order chi connectivity index (χ0) is 16.8. The Hall–Kier alpha value is -1.65. The molecular weight excluding hydrogens is 300 g/mol. The van der Waals surface area contributed by atoms with Crippen molar-refractivity contribution < 1.29 is 4.79 Å². The van der Waals surface area contributed by atoms with E-state index in [1.165, 1.54) is 51.4 Å². The van der Waals surface area contributed by atoms with Gasteiger partial charge in [-0.2, -0.15) is 0 Å². The predicted octanol–water partition coefficient (Wildman–Crippen LogP) is 3.94. The number of carbonyl (C=O) groups excluding carboxylic acids is 1. The Kier molecular flexibility index (Phi) is 6.05. The molecule has 1 saturated carbocycles. The number of carbonyl (C=O) groups is 1. The summed E-state index contributed by atoms with van der Waals surface area (Å²) in [6.07, 6.45) is 12.3. The van der Waals surface area contributed by atoms with Gasteiger partial charge in [-0.1, -0.05) is 38.5 Å². The molecule has 24 heavy (non-hydrogen) atoms. The number of nitrogens with zero attached hydrogens (tertiary/aromatic N) is 3. The number of likely N-dealkylation sites (tertiary alicyclic amines) is 1. The summed E-state index contributed by atoms with van der Waals surface area (Å²) in [4.78, 5) is 23.7. The molecule has 1 aliphatic heterocycles. The topological polar surface area (TPSA) is 58.1 Å². The molecule has 1 aromatic heterocycles. The van der Waals surface area contributed by atoms with Gasteiger partial charge in [0.05, 0.1) is 0 Å². The minimum Gasteiger partial charge on any atom is -0.367 e. The fourth-order valence-corrected chi connectivity index (χ4v) is 3.82. The molecule has 5 nitrogen and oxygen atoms in total. The molecule has 2 fully saturated rings. The number of aromatic nitrogens is 2. The summed E-state index contributed by atoms with van der Waals surface area (Å²) in [7, 11) is 0. The van der Waals surface area contributed by atoms with Crippen LogP contribution in [0.25, 0.3) is 0 Å². The van der Waals surface area contributed by atoms with Crippen molar-refractivity contribution in [3.63, 3.8) is 0 Å². The molecule has 5 heteroatoms. The molecule has 1 saturated heterocycles. The van der Waals surface area contributed by atoms with Crippen LogP contribution in [-0.4, -0.2) is 39.9 Å². The number of anilines is 1. The molecule has 1 aromatic rings. The summed E-state index contributed by atoms with van der Waals surface area (Å²) in [5, 5.41) is 3.55. The molecule has 0 atom stereocenters. The Bertz CT molecular complexity index is 544. The van der Waals surface area contributed by atoms with Gasteiger partial charge in [0.1, 0.15) is 17.3 Å². The number of amides is 1. The minimum absolute atomic E-state index is 0.0614. The van der Waals surface area contributed by atoms with Crippen molar-refractivity contribution in [2.45, 2.75) is 77.2 Å². The summed E-state index contributed by atoms with van der Waals surface area (Å²) in [6.45, 7) is 3.58. The second-order valence-electron chi connectivity index (χ2n) is 7.22. The van der Waals surface area contributed by atoms with Gasteiger partial charge in [-0.15, -0.1) is 0 Å². The zero-order valence-corrected chi connectivity index (χ0v) is 14.9. The third-order valence-corrected chi connectivity index (χ3v) is 5.16. The largest absolute Gasteiger partial charge is 0.367 e. The van der Waals surface area contributed by atoms with E-state index < -0.39 is 0 Å². The number of rotatable bonds is 3. The van der Waals surface area contributed by atoms with E-state index in [9.17, 15) is 4.79 Å². The molecule has 0 bridgehead atoms. The van der Waals surface area contributed by atoms with E-state index in [2.05, 4.69) is 15.3 Å². The van der Waals surface area contributed by atoms with E-state index in [4.69, 9.17) is 0 Å². The molecular formula is C19H30N4O. The average molecular weight is 330 g/mol. The average Bonchev–Trinajstić information content (AvgIpc) is 2.98. The predicted molar refractivity (Wildman–Crippen MR) is 96.3 cm³/mol. The van der Waals surface area contributed by atoms with Crippen molar-refractivity contribution in [3.8, 4) is 0 Å². The van der Waals surface area contributed by atoms with Gasteiger partial charge < -0.3 is 10.2 Å². The molecule has 2 heterocycles. The number of hydrogen-bond acceptors (Lipinski definition) is 4. The molecule has 132 valence electrons. The van der Waals surface area contributed by atoms with E-state index in [0.717, 1.165) is 31.7 Å². The lowest BCUT2D eigenvalue weighted by atomic mass is 10.1. The molecule has 0 unspecified atom stereocenters. The lowest BCUT2D eigenvalue weighted by Gasteiger charge is -2.21. The Morgan fingerprint density at radius 3 is 2.29 bits per heavy atom. The van der Waals surface area contributed by atoms with E-state index in [-0.39, 0.29) is 5.91 Å². The highest BCUT2D eigenvalue weighted by molar-refractivity contribution is 5.93. The molecule has 0 radical (unpaired) electrons. The van der Waals surface area contributed by atoms with Crippen molar-refractivity contribution in [1.29, 1.82) is 0 Å². The quantitative estimate of drug-likeness (QED) is 0.853. The molecule has 1 amide bonds. The first-order valence-corrected chi connectivity index (χ1v) is 9.64. The highest BCUT2D eigenvalue weighted by atomic mass is 16.2. The van der Waals surface area contributed by atoms with Gasteiger partial charge >= 0.3 is 0 Å². The smallest absolute Gasteiger partial charge is 0.272 e. The van der Waals surface area contributed by atoms with E-state index >= 15 is 0 Å². The standard InChI is InChI=1S/C19H30N4O/c1-15-20-17(19(24)23-12-8-4-5-9-13-23)14-18(21-15)22-16-10-6-2-3-7-11-16/h14,16H,2-13H2,1H3,(H,20,21,22). The lowest BCUT2D eigenvalue weighted by molar-refractivity contribution is 0.0755. The van der Waals surface area contributed by atoms with Crippen LogP contribution >= 0.6 is 0 Å². The second kappa shape index (κ2) is 8.45. The zero-order valence-electron chi connectivity index (χ0n) is 14.9. The van der Waals surface area contributed by atoms with Gasteiger partial charge in [0.25, 0.3) is 5.91 Å². The first kappa shape index (κ1) is 17.2. The summed E-state index contributed by atoms with van der Waals surface area (Å²) < 4.78 is 0. The highest BCUT2D eigenvalue weighted by Crippen LogP contribution is 2.21. The van der Waals surface area contributed by atoms with Gasteiger partial charge in [0, 0.05) is 25.2 Å². The molecule has 1 aliphatic carbocycles. The summed E-state index contributed by atoms with van der Waals surface area (Å²) in [5.41, 5.74) is 0.542. The maximum absolute atomic E-state index is 12.8.